The smallest absolute Gasteiger partial charge is 0.248 e. The third-order valence-electron chi connectivity index (χ3n) is 10.2. The molecule has 3 aliphatic rings. The summed E-state index contributed by atoms with van der Waals surface area (Å²) in [5.41, 5.74) is 5.88. The van der Waals surface area contributed by atoms with E-state index in [9.17, 15) is 74.7 Å². The van der Waals surface area contributed by atoms with Crippen LogP contribution < -0.4 is 27.0 Å². The summed E-state index contributed by atoms with van der Waals surface area (Å²) in [5.74, 6) is -8.12. The quantitative estimate of drug-likeness (QED) is 0.131. The van der Waals surface area contributed by atoms with Crippen LogP contribution in [-0.4, -0.2) is 183 Å². The first kappa shape index (κ1) is 47.1. The summed E-state index contributed by atoms with van der Waals surface area (Å²) in [4.78, 5) is 83.9. The molecule has 0 spiro atoms. The molecule has 0 aromatic heterocycles. The second-order valence-corrected chi connectivity index (χ2v) is 14.6. The van der Waals surface area contributed by atoms with E-state index in [-0.39, 0.29) is 30.3 Å². The number of carbonyl (C=O) groups is 6. The second-order valence-electron chi connectivity index (χ2n) is 14.6. The number of phenols is 1. The Morgan fingerprint density at radius 2 is 1.23 bits per heavy atom. The molecule has 1 aromatic carbocycles. The maximum atomic E-state index is 14.0. The molecule has 15 atom stereocenters. The number of aliphatic hydroxyl groups is 8. The van der Waals surface area contributed by atoms with E-state index in [1.54, 1.807) is 0 Å². The summed E-state index contributed by atoms with van der Waals surface area (Å²) in [7, 11) is 0. The molecule has 15 N–H and O–H groups in total. The summed E-state index contributed by atoms with van der Waals surface area (Å²) < 4.78 is 0. The van der Waals surface area contributed by atoms with Gasteiger partial charge >= 0.3 is 0 Å². The van der Waals surface area contributed by atoms with Gasteiger partial charge in [-0.1, -0.05) is 19.1 Å². The van der Waals surface area contributed by atoms with Crippen LogP contribution in [0.5, 0.6) is 5.75 Å². The van der Waals surface area contributed by atoms with Crippen LogP contribution in [0.1, 0.15) is 45.3 Å². The second kappa shape index (κ2) is 19.5. The van der Waals surface area contributed by atoms with Crippen molar-refractivity contribution in [2.45, 2.75) is 119 Å². The molecule has 3 fully saturated rings. The van der Waals surface area contributed by atoms with Crippen molar-refractivity contribution in [1.82, 2.24) is 31.1 Å². The van der Waals surface area contributed by atoms with Gasteiger partial charge in [0.1, 0.15) is 54.3 Å². The number of nitrogens with one attached hydrogen (secondary N) is 4. The number of rotatable bonds is 5. The largest absolute Gasteiger partial charge is 0.508 e. The van der Waals surface area contributed by atoms with E-state index in [0.717, 1.165) is 35.8 Å². The van der Waals surface area contributed by atoms with Gasteiger partial charge in [-0.3, -0.25) is 28.8 Å². The molecule has 0 saturated carbocycles. The fraction of sp³-hybridized carbons (Fsp3) is 0.647. The maximum absolute atomic E-state index is 14.0. The van der Waals surface area contributed by atoms with Crippen molar-refractivity contribution in [2.24, 2.45) is 11.7 Å². The van der Waals surface area contributed by atoms with Crippen LogP contribution in [0.2, 0.25) is 0 Å². The fourth-order valence-corrected chi connectivity index (χ4v) is 6.92. The lowest BCUT2D eigenvalue weighted by Gasteiger charge is -2.34. The minimum atomic E-state index is -2.24. The van der Waals surface area contributed by atoms with Crippen molar-refractivity contribution in [3.63, 3.8) is 0 Å². The van der Waals surface area contributed by atoms with Gasteiger partial charge in [0.05, 0.1) is 30.5 Å². The van der Waals surface area contributed by atoms with Crippen LogP contribution in [0.3, 0.4) is 0 Å². The molecular formula is C34H52ClN7O15. The summed E-state index contributed by atoms with van der Waals surface area (Å²) >= 11 is 0. The van der Waals surface area contributed by atoms with Crippen LogP contribution in [0.4, 0.5) is 0 Å². The van der Waals surface area contributed by atoms with Gasteiger partial charge < -0.3 is 82.8 Å². The van der Waals surface area contributed by atoms with Gasteiger partial charge in [-0.25, -0.2) is 0 Å². The zero-order valence-electron chi connectivity index (χ0n) is 31.2. The predicted octanol–water partition coefficient (Wildman–Crippen LogP) is -6.88. The van der Waals surface area contributed by atoms with Gasteiger partial charge in [-0.15, -0.1) is 12.4 Å². The molecule has 3 saturated heterocycles. The highest BCUT2D eigenvalue weighted by molar-refractivity contribution is 5.98. The van der Waals surface area contributed by atoms with Gasteiger partial charge in [0.25, 0.3) is 0 Å². The Bertz CT molecular complexity index is 1620. The number of carbonyl (C=O) groups excluding carboxylic acids is 6. The number of aromatic hydroxyl groups is 1. The number of benzene rings is 1. The molecule has 320 valence electrons. The van der Waals surface area contributed by atoms with Crippen LogP contribution in [0.25, 0.3) is 0 Å². The van der Waals surface area contributed by atoms with Gasteiger partial charge in [0.15, 0.2) is 6.23 Å². The minimum Gasteiger partial charge on any atom is -0.508 e. The van der Waals surface area contributed by atoms with Gasteiger partial charge in [0.2, 0.25) is 35.4 Å². The molecule has 4 rings (SSSR count). The molecule has 0 bridgehead atoms. The molecule has 1 aromatic rings. The van der Waals surface area contributed by atoms with E-state index in [1.165, 1.54) is 19.1 Å². The van der Waals surface area contributed by atoms with Gasteiger partial charge in [-0.05, 0) is 31.5 Å². The van der Waals surface area contributed by atoms with Crippen LogP contribution in [0, 0.1) is 5.92 Å². The zero-order valence-corrected chi connectivity index (χ0v) is 32.0. The Kier molecular flexibility index (Phi) is 16.1. The molecular weight excluding hydrogens is 782 g/mol. The number of fused-ring (bicyclic) bond motifs is 2. The normalized spacial score (nSPS) is 34.6. The third-order valence-corrected chi connectivity index (χ3v) is 10.2. The van der Waals surface area contributed by atoms with E-state index in [0.29, 0.717) is 0 Å². The number of amides is 6. The summed E-state index contributed by atoms with van der Waals surface area (Å²) in [5, 5.41) is 105. The summed E-state index contributed by atoms with van der Waals surface area (Å²) in [6, 6.07) is -6.28. The van der Waals surface area contributed by atoms with Crippen molar-refractivity contribution in [3.8, 4) is 5.75 Å². The molecule has 0 radical (unpaired) electrons. The van der Waals surface area contributed by atoms with Crippen molar-refractivity contribution < 1.29 is 74.7 Å². The standard InChI is InChI=1S/C34H51N7O15.ClH/c1-12-10-41-24(25(12)47)32(54)39-30(52)20(46)9-18(35)28(50)36-21(13(2)42)33(55)40-11-17(45)8-19(40)29(51)38-23(31(53)37-22(14(3)43)34(41)56)27(49)26(48)15-4-6-16(44)7-5-15;/h4-7,12-14,17-27,30,42-49,52H,8-11,35H2,1-3H3,(H,36,50)(H,37,53)(H,38,51)(H,39,54);1H/t12-,13+,14+,17+,18+,19-,20+,21-,22-,23-,24-,25-,26-,27-,30+;/m0./s1. The molecule has 6 amide bonds. The third kappa shape index (κ3) is 10.6. The highest BCUT2D eigenvalue weighted by Crippen LogP contribution is 2.27. The first-order valence-corrected chi connectivity index (χ1v) is 18.0. The molecule has 22 nitrogen and oxygen atoms in total. The first-order chi connectivity index (χ1) is 26.1. The summed E-state index contributed by atoms with van der Waals surface area (Å²) in [6.07, 6.45) is -15.8. The fourth-order valence-electron chi connectivity index (χ4n) is 6.92. The zero-order chi connectivity index (χ0) is 41.9. The molecule has 0 unspecified atom stereocenters. The van der Waals surface area contributed by atoms with E-state index >= 15 is 0 Å². The lowest BCUT2D eigenvalue weighted by molar-refractivity contribution is -0.148. The van der Waals surface area contributed by atoms with Crippen LogP contribution in [-0.2, 0) is 28.8 Å². The molecule has 57 heavy (non-hydrogen) atoms. The van der Waals surface area contributed by atoms with E-state index in [1.807, 2.05) is 5.32 Å². The SMILES string of the molecule is C[C@@H](O)[C@@H]1NC(=O)[C@H]([C@H](O)[C@@H](O)c2ccc(O)cc2)NC(=O)[C@@H]2C[C@@H](O)CN2C(=O)[C@H]([C@@H](C)O)NC(=O)[C@H](N)C[C@@H](O)[C@@H](O)NC(=O)[C@@H]2[C@@H](O)[C@@H](C)CN2C1=O.Cl. The number of halogens is 1. The number of hydrogen-bond acceptors (Lipinski definition) is 16. The van der Waals surface area contributed by atoms with Crippen LogP contribution in [0.15, 0.2) is 24.3 Å². The van der Waals surface area contributed by atoms with E-state index in [4.69, 9.17) is 5.73 Å². The number of hydrogen-bond donors (Lipinski definition) is 14. The molecule has 23 heteroatoms. The molecule has 3 aliphatic heterocycles. The Labute approximate surface area is 332 Å². The summed E-state index contributed by atoms with van der Waals surface area (Å²) in [6.45, 7) is 2.85. The van der Waals surface area contributed by atoms with Crippen molar-refractivity contribution in [3.05, 3.63) is 29.8 Å². The highest BCUT2D eigenvalue weighted by atomic mass is 35.5. The molecule has 0 aliphatic carbocycles. The maximum Gasteiger partial charge on any atom is 0.248 e. The Morgan fingerprint density at radius 1 is 0.702 bits per heavy atom. The first-order valence-electron chi connectivity index (χ1n) is 18.0. The Hall–Kier alpha value is -4.23. The number of nitrogens with zero attached hydrogens (tertiary/aromatic N) is 2. The van der Waals surface area contributed by atoms with Crippen molar-refractivity contribution in [1.29, 1.82) is 0 Å². The van der Waals surface area contributed by atoms with Crippen molar-refractivity contribution >= 4 is 47.9 Å². The van der Waals surface area contributed by atoms with Gasteiger partial charge in [0, 0.05) is 31.8 Å². The Morgan fingerprint density at radius 3 is 1.79 bits per heavy atom. The number of nitrogens with two attached hydrogens (primary N) is 1. The highest BCUT2D eigenvalue weighted by Gasteiger charge is 2.50. The van der Waals surface area contributed by atoms with Crippen LogP contribution >= 0.6 is 12.4 Å². The average molecular weight is 834 g/mol. The number of aliphatic hydroxyl groups excluding tert-OH is 8. The topological polar surface area (TPSA) is 365 Å². The van der Waals surface area contributed by atoms with Gasteiger partial charge in [-0.2, -0.15) is 0 Å². The average Bonchev–Trinajstić information content (AvgIpc) is 3.68. The molecule has 3 heterocycles. The van der Waals surface area contributed by atoms with Crippen molar-refractivity contribution in [2.75, 3.05) is 13.1 Å². The Balaban J connectivity index is 0.00000870. The lowest BCUT2D eigenvalue weighted by atomic mass is 9.96. The number of phenolic OH excluding ortho intramolecular Hbond substituents is 1. The monoisotopic (exact) mass is 833 g/mol. The van der Waals surface area contributed by atoms with E-state index < -0.39 is 146 Å². The minimum absolute atomic E-state index is 0. The van der Waals surface area contributed by atoms with E-state index in [2.05, 4.69) is 16.0 Å². The lowest BCUT2D eigenvalue weighted by Crippen LogP contribution is -2.64. The predicted molar refractivity (Wildman–Crippen MR) is 195 cm³/mol.